The van der Waals surface area contributed by atoms with Gasteiger partial charge in [-0.1, -0.05) is 25.5 Å². The third kappa shape index (κ3) is 2.21. The van der Waals surface area contributed by atoms with Crippen molar-refractivity contribution in [1.82, 2.24) is 0 Å². The summed E-state index contributed by atoms with van der Waals surface area (Å²) in [7, 11) is 0. The molecule has 0 aromatic heterocycles. The van der Waals surface area contributed by atoms with Crippen LogP contribution >= 0.6 is 22.6 Å². The Morgan fingerprint density at radius 3 is 2.33 bits per heavy atom. The van der Waals surface area contributed by atoms with E-state index in [1.54, 1.807) is 0 Å². The molecule has 5 rings (SSSR count). The minimum atomic E-state index is -0.161. The summed E-state index contributed by atoms with van der Waals surface area (Å²) in [5.74, 6) is 1.20. The van der Waals surface area contributed by atoms with Gasteiger partial charge >= 0.3 is 0 Å². The number of carbonyl (C=O) groups is 2. The van der Waals surface area contributed by atoms with E-state index in [-0.39, 0.29) is 35.5 Å². The third-order valence-electron chi connectivity index (χ3n) is 6.25. The number of amides is 2. The highest BCUT2D eigenvalue weighted by molar-refractivity contribution is 14.1. The van der Waals surface area contributed by atoms with E-state index in [1.165, 1.54) is 10.5 Å². The maximum Gasteiger partial charge on any atom is 0.238 e. The van der Waals surface area contributed by atoms with Crippen LogP contribution in [0.25, 0.3) is 0 Å². The van der Waals surface area contributed by atoms with E-state index < -0.39 is 0 Å². The zero-order valence-corrected chi connectivity index (χ0v) is 16.4. The molecule has 0 spiro atoms. The van der Waals surface area contributed by atoms with Gasteiger partial charge in [0.2, 0.25) is 11.8 Å². The molecule has 2 unspecified atom stereocenters. The Balaban J connectivity index is 1.75. The number of nitrogens with zero attached hydrogens (tertiary/aromatic N) is 1. The summed E-state index contributed by atoms with van der Waals surface area (Å²) in [5, 5.41) is 0. The SMILES string of the molecule is CC1=CC2[C@H](C(C)C)CC1[C@H]1C(=O)N(c3ccc(I)cc3)C(=O)[C@@H]21. The fraction of sp³-hybridized carbons (Fsp3) is 0.500. The fourth-order valence-electron chi connectivity index (χ4n) is 5.09. The molecule has 24 heavy (non-hydrogen) atoms. The largest absolute Gasteiger partial charge is 0.274 e. The van der Waals surface area contributed by atoms with Crippen molar-refractivity contribution in [3.05, 3.63) is 39.5 Å². The highest BCUT2D eigenvalue weighted by atomic mass is 127. The maximum absolute atomic E-state index is 13.2. The van der Waals surface area contributed by atoms with E-state index >= 15 is 0 Å². The third-order valence-corrected chi connectivity index (χ3v) is 6.97. The van der Waals surface area contributed by atoms with Gasteiger partial charge in [0.25, 0.3) is 0 Å². The van der Waals surface area contributed by atoms with E-state index in [2.05, 4.69) is 49.4 Å². The summed E-state index contributed by atoms with van der Waals surface area (Å²) in [5.41, 5.74) is 2.03. The van der Waals surface area contributed by atoms with Gasteiger partial charge in [-0.3, -0.25) is 14.5 Å². The van der Waals surface area contributed by atoms with Crippen molar-refractivity contribution in [3.8, 4) is 0 Å². The highest BCUT2D eigenvalue weighted by Gasteiger charge is 2.60. The number of imide groups is 1. The normalized spacial score (nSPS) is 34.8. The number of carbonyl (C=O) groups excluding carboxylic acids is 2. The average molecular weight is 435 g/mol. The summed E-state index contributed by atoms with van der Waals surface area (Å²) in [6.45, 7) is 6.61. The highest BCUT2D eigenvalue weighted by Crippen LogP contribution is 2.56. The lowest BCUT2D eigenvalue weighted by Crippen LogP contribution is -2.46. The van der Waals surface area contributed by atoms with Crippen LogP contribution in [0.2, 0.25) is 0 Å². The second kappa shape index (κ2) is 5.68. The second-order valence-corrected chi connectivity index (χ2v) is 9.02. The van der Waals surface area contributed by atoms with Gasteiger partial charge in [0, 0.05) is 3.57 Å². The van der Waals surface area contributed by atoms with E-state index in [9.17, 15) is 9.59 Å². The maximum atomic E-state index is 13.2. The molecule has 3 nitrogen and oxygen atoms in total. The first kappa shape index (κ1) is 16.3. The van der Waals surface area contributed by atoms with Gasteiger partial charge in [-0.25, -0.2) is 0 Å². The summed E-state index contributed by atoms with van der Waals surface area (Å²) in [6, 6.07) is 7.68. The molecule has 2 fully saturated rings. The zero-order valence-electron chi connectivity index (χ0n) is 14.2. The predicted molar refractivity (Wildman–Crippen MR) is 102 cm³/mol. The fourth-order valence-corrected chi connectivity index (χ4v) is 5.45. The van der Waals surface area contributed by atoms with Crippen LogP contribution in [0.1, 0.15) is 27.2 Å². The van der Waals surface area contributed by atoms with E-state index in [4.69, 9.17) is 0 Å². The number of allylic oxidation sites excluding steroid dienone is 2. The van der Waals surface area contributed by atoms with Gasteiger partial charge in [-0.15, -0.1) is 0 Å². The first-order valence-electron chi connectivity index (χ1n) is 8.72. The van der Waals surface area contributed by atoms with E-state index in [1.807, 2.05) is 24.3 Å². The first-order chi connectivity index (χ1) is 11.4. The van der Waals surface area contributed by atoms with Gasteiger partial charge in [0.15, 0.2) is 0 Å². The number of benzene rings is 1. The summed E-state index contributed by atoms with van der Waals surface area (Å²) >= 11 is 2.24. The van der Waals surface area contributed by atoms with Gasteiger partial charge < -0.3 is 0 Å². The lowest BCUT2D eigenvalue weighted by molar-refractivity contribution is -0.127. The molecule has 0 N–H and O–H groups in total. The number of rotatable bonds is 2. The molecule has 4 aliphatic rings. The Labute approximate surface area is 156 Å². The lowest BCUT2D eigenvalue weighted by Gasteiger charge is -2.48. The van der Waals surface area contributed by atoms with Gasteiger partial charge in [-0.2, -0.15) is 0 Å². The smallest absolute Gasteiger partial charge is 0.238 e. The minimum Gasteiger partial charge on any atom is -0.274 e. The van der Waals surface area contributed by atoms with Crippen molar-refractivity contribution >= 4 is 40.1 Å². The Morgan fingerprint density at radius 1 is 1.08 bits per heavy atom. The van der Waals surface area contributed by atoms with Gasteiger partial charge in [-0.05, 0) is 83.9 Å². The Hall–Kier alpha value is -1.17. The molecular formula is C20H22INO2. The van der Waals surface area contributed by atoms with E-state index in [0.717, 1.165) is 15.7 Å². The van der Waals surface area contributed by atoms with Crippen molar-refractivity contribution in [1.29, 1.82) is 0 Å². The van der Waals surface area contributed by atoms with Crippen LogP contribution in [0.4, 0.5) is 5.69 Å². The van der Waals surface area contributed by atoms with Crippen molar-refractivity contribution in [3.63, 3.8) is 0 Å². The first-order valence-corrected chi connectivity index (χ1v) is 9.79. The number of fused-ring (bicyclic) bond motifs is 1. The van der Waals surface area contributed by atoms with Crippen molar-refractivity contribution in [2.45, 2.75) is 27.2 Å². The standard InChI is InChI=1S/C20H22INO2/c1-10(2)14-9-15-11(3)8-16(14)18-17(15)19(23)22(20(18)24)13-6-4-12(21)5-7-13/h4-8,10,14-18H,9H2,1-3H3/t14-,15?,16?,17+,18-/m0/s1. The molecular weight excluding hydrogens is 413 g/mol. The van der Waals surface area contributed by atoms with Crippen LogP contribution in [0.5, 0.6) is 0 Å². The van der Waals surface area contributed by atoms with Crippen LogP contribution in [-0.4, -0.2) is 11.8 Å². The van der Waals surface area contributed by atoms with Crippen LogP contribution < -0.4 is 4.90 Å². The molecule has 2 amide bonds. The molecule has 1 aromatic carbocycles. The second-order valence-electron chi connectivity index (χ2n) is 7.78. The molecule has 126 valence electrons. The Bertz CT molecular complexity index is 737. The molecule has 1 aromatic rings. The van der Waals surface area contributed by atoms with Crippen molar-refractivity contribution in [2.75, 3.05) is 4.90 Å². The van der Waals surface area contributed by atoms with Crippen LogP contribution in [-0.2, 0) is 9.59 Å². The quantitative estimate of drug-likeness (QED) is 0.396. The zero-order chi connectivity index (χ0) is 17.2. The molecule has 1 heterocycles. The van der Waals surface area contributed by atoms with E-state index in [0.29, 0.717) is 11.8 Å². The number of hydrogen-bond donors (Lipinski definition) is 0. The molecule has 5 atom stereocenters. The molecule has 1 aliphatic heterocycles. The minimum absolute atomic E-state index is 0.00954. The average Bonchev–Trinajstić information content (AvgIpc) is 2.81. The molecule has 4 heteroatoms. The lowest BCUT2D eigenvalue weighted by atomic mass is 9.54. The number of anilines is 1. The Kier molecular flexibility index (Phi) is 3.86. The Morgan fingerprint density at radius 2 is 1.71 bits per heavy atom. The molecule has 1 saturated heterocycles. The predicted octanol–water partition coefficient (Wildman–Crippen LogP) is 4.27. The van der Waals surface area contributed by atoms with Crippen molar-refractivity contribution < 1.29 is 9.59 Å². The summed E-state index contributed by atoms with van der Waals surface area (Å²) in [6.07, 6.45) is 3.34. The number of hydrogen-bond acceptors (Lipinski definition) is 2. The molecule has 0 radical (unpaired) electrons. The van der Waals surface area contributed by atoms with Crippen LogP contribution in [0.3, 0.4) is 0 Å². The van der Waals surface area contributed by atoms with Gasteiger partial charge in [0.1, 0.15) is 0 Å². The molecule has 2 bridgehead atoms. The summed E-state index contributed by atoms with van der Waals surface area (Å²) < 4.78 is 1.10. The summed E-state index contributed by atoms with van der Waals surface area (Å²) in [4.78, 5) is 27.8. The molecule has 1 saturated carbocycles. The van der Waals surface area contributed by atoms with Crippen LogP contribution in [0, 0.1) is 39.1 Å². The van der Waals surface area contributed by atoms with Gasteiger partial charge in [0.05, 0.1) is 17.5 Å². The topological polar surface area (TPSA) is 37.4 Å². The van der Waals surface area contributed by atoms with Crippen LogP contribution in [0.15, 0.2) is 35.9 Å². The van der Waals surface area contributed by atoms with Crippen molar-refractivity contribution in [2.24, 2.45) is 35.5 Å². The molecule has 3 aliphatic carbocycles. The number of halogens is 1. The monoisotopic (exact) mass is 435 g/mol.